The molecule has 0 atom stereocenters. The minimum atomic E-state index is 0.0626. The van der Waals surface area contributed by atoms with Crippen molar-refractivity contribution in [2.75, 3.05) is 0 Å². The van der Waals surface area contributed by atoms with Crippen LogP contribution in [-0.4, -0.2) is 12.1 Å². The van der Waals surface area contributed by atoms with E-state index in [4.69, 9.17) is 0 Å². The fourth-order valence-electron chi connectivity index (χ4n) is 1.31. The third-order valence-corrected chi connectivity index (χ3v) is 2.14. The van der Waals surface area contributed by atoms with Crippen LogP contribution in [-0.2, 0) is 9.59 Å². The number of allylic oxidation sites excluding steroid dienone is 2. The lowest BCUT2D eigenvalue weighted by Gasteiger charge is -1.98. The second kappa shape index (κ2) is 10.2. The quantitative estimate of drug-likeness (QED) is 0.322. The van der Waals surface area contributed by atoms with Crippen LogP contribution in [0.2, 0.25) is 0 Å². The molecular weight excluding hydrogens is 176 g/mol. The highest BCUT2D eigenvalue weighted by Gasteiger charge is 1.96. The average Bonchev–Trinajstić information content (AvgIpc) is 2.20. The molecule has 0 aliphatic carbocycles. The van der Waals surface area contributed by atoms with Gasteiger partial charge >= 0.3 is 0 Å². The van der Waals surface area contributed by atoms with Gasteiger partial charge in [0.1, 0.15) is 6.29 Å². The second-order valence-corrected chi connectivity index (χ2v) is 3.48. The van der Waals surface area contributed by atoms with Crippen molar-refractivity contribution in [2.24, 2.45) is 0 Å². The maximum atomic E-state index is 11.0. The Bertz CT molecular complexity index is 183. The first-order valence-electron chi connectivity index (χ1n) is 5.46. The smallest absolute Gasteiger partial charge is 0.155 e. The molecule has 2 nitrogen and oxygen atoms in total. The lowest BCUT2D eigenvalue weighted by Crippen LogP contribution is -1.92. The zero-order chi connectivity index (χ0) is 10.6. The van der Waals surface area contributed by atoms with E-state index in [2.05, 4.69) is 6.92 Å². The van der Waals surface area contributed by atoms with Crippen molar-refractivity contribution < 1.29 is 9.59 Å². The molecule has 14 heavy (non-hydrogen) atoms. The van der Waals surface area contributed by atoms with Crippen molar-refractivity contribution >= 4 is 12.1 Å². The highest BCUT2D eigenvalue weighted by atomic mass is 16.1. The molecule has 0 unspecified atom stereocenters. The molecule has 0 aromatic carbocycles. The van der Waals surface area contributed by atoms with Crippen molar-refractivity contribution in [1.29, 1.82) is 0 Å². The van der Waals surface area contributed by atoms with Crippen LogP contribution in [0.3, 0.4) is 0 Å². The third-order valence-electron chi connectivity index (χ3n) is 2.14. The van der Waals surface area contributed by atoms with Crippen LogP contribution in [0.5, 0.6) is 0 Å². The highest BCUT2D eigenvalue weighted by Crippen LogP contribution is 2.07. The van der Waals surface area contributed by atoms with Gasteiger partial charge in [-0.3, -0.25) is 9.59 Å². The Hall–Kier alpha value is -0.920. The molecule has 0 fully saturated rings. The predicted molar refractivity (Wildman–Crippen MR) is 58.2 cm³/mol. The Labute approximate surface area is 86.4 Å². The number of unbranched alkanes of at least 4 members (excludes halogenated alkanes) is 5. The fourth-order valence-corrected chi connectivity index (χ4v) is 1.31. The van der Waals surface area contributed by atoms with Crippen LogP contribution in [0.25, 0.3) is 0 Å². The van der Waals surface area contributed by atoms with Gasteiger partial charge in [0.2, 0.25) is 0 Å². The van der Waals surface area contributed by atoms with Crippen LogP contribution < -0.4 is 0 Å². The van der Waals surface area contributed by atoms with E-state index in [1.807, 2.05) is 0 Å². The van der Waals surface area contributed by atoms with Crippen molar-refractivity contribution in [1.82, 2.24) is 0 Å². The molecule has 0 aromatic rings. The van der Waals surface area contributed by atoms with Crippen LogP contribution in [0, 0.1) is 0 Å². The first-order valence-corrected chi connectivity index (χ1v) is 5.46. The summed E-state index contributed by atoms with van der Waals surface area (Å²) in [7, 11) is 0. The third kappa shape index (κ3) is 9.17. The maximum absolute atomic E-state index is 11.0. The van der Waals surface area contributed by atoms with E-state index >= 15 is 0 Å². The van der Waals surface area contributed by atoms with Crippen molar-refractivity contribution in [3.8, 4) is 0 Å². The Morgan fingerprint density at radius 3 is 2.36 bits per heavy atom. The molecule has 0 saturated heterocycles. The van der Waals surface area contributed by atoms with Gasteiger partial charge in [-0.1, -0.05) is 39.0 Å². The molecule has 0 aliphatic rings. The summed E-state index contributed by atoms with van der Waals surface area (Å²) in [6.45, 7) is 2.19. The van der Waals surface area contributed by atoms with E-state index in [1.165, 1.54) is 37.8 Å². The molecule has 0 radical (unpaired) electrons. The molecule has 0 amide bonds. The molecule has 0 rings (SSSR count). The predicted octanol–water partition coefficient (Wildman–Crippen LogP) is 3.06. The van der Waals surface area contributed by atoms with E-state index in [9.17, 15) is 9.59 Å². The fraction of sp³-hybridized carbons (Fsp3) is 0.667. The van der Waals surface area contributed by atoms with E-state index in [-0.39, 0.29) is 5.78 Å². The van der Waals surface area contributed by atoms with Gasteiger partial charge in [-0.05, 0) is 18.6 Å². The molecule has 0 spiro atoms. The average molecular weight is 196 g/mol. The lowest BCUT2D eigenvalue weighted by molar-refractivity contribution is -0.115. The highest BCUT2D eigenvalue weighted by molar-refractivity contribution is 5.92. The number of rotatable bonds is 9. The normalized spacial score (nSPS) is 10.6. The number of aldehydes is 1. The number of ketones is 1. The first-order chi connectivity index (χ1) is 6.81. The number of hydrogen-bond acceptors (Lipinski definition) is 2. The zero-order valence-electron chi connectivity index (χ0n) is 9.00. The van der Waals surface area contributed by atoms with Gasteiger partial charge in [0.25, 0.3) is 0 Å². The van der Waals surface area contributed by atoms with Gasteiger partial charge in [-0.2, -0.15) is 0 Å². The molecule has 0 aliphatic heterocycles. The number of carbonyl (C=O) groups is 2. The standard InChI is InChI=1S/C12H20O2/c1-2-3-4-5-6-7-9-12(14)10-8-11-13/h8,10-11H,2-7,9H2,1H3. The summed E-state index contributed by atoms with van der Waals surface area (Å²) in [6.07, 6.45) is 11.0. The minimum absolute atomic E-state index is 0.0626. The lowest BCUT2D eigenvalue weighted by atomic mass is 10.1. The topological polar surface area (TPSA) is 34.1 Å². The first kappa shape index (κ1) is 13.1. The Morgan fingerprint density at radius 1 is 1.07 bits per heavy atom. The summed E-state index contributed by atoms with van der Waals surface area (Å²) in [5, 5.41) is 0. The second-order valence-electron chi connectivity index (χ2n) is 3.48. The van der Waals surface area contributed by atoms with E-state index in [0.717, 1.165) is 12.8 Å². The van der Waals surface area contributed by atoms with Gasteiger partial charge in [-0.25, -0.2) is 0 Å². The summed E-state index contributed by atoms with van der Waals surface area (Å²) < 4.78 is 0. The van der Waals surface area contributed by atoms with Crippen LogP contribution in [0.1, 0.15) is 51.9 Å². The van der Waals surface area contributed by atoms with Crippen LogP contribution >= 0.6 is 0 Å². The summed E-state index contributed by atoms with van der Waals surface area (Å²) >= 11 is 0. The number of hydrogen-bond donors (Lipinski definition) is 0. The molecule has 0 N–H and O–H groups in total. The molecule has 0 heterocycles. The van der Waals surface area contributed by atoms with E-state index in [1.54, 1.807) is 0 Å². The Morgan fingerprint density at radius 2 is 1.71 bits per heavy atom. The monoisotopic (exact) mass is 196 g/mol. The van der Waals surface area contributed by atoms with Crippen LogP contribution in [0.15, 0.2) is 12.2 Å². The van der Waals surface area contributed by atoms with E-state index < -0.39 is 0 Å². The molecule has 2 heteroatoms. The van der Waals surface area contributed by atoms with Crippen molar-refractivity contribution in [2.45, 2.75) is 51.9 Å². The largest absolute Gasteiger partial charge is 0.299 e. The van der Waals surface area contributed by atoms with Gasteiger partial charge in [0, 0.05) is 6.42 Å². The molecular formula is C12H20O2. The van der Waals surface area contributed by atoms with Gasteiger partial charge in [-0.15, -0.1) is 0 Å². The van der Waals surface area contributed by atoms with Gasteiger partial charge in [0.15, 0.2) is 5.78 Å². The van der Waals surface area contributed by atoms with Crippen molar-refractivity contribution in [3.05, 3.63) is 12.2 Å². The van der Waals surface area contributed by atoms with Gasteiger partial charge in [0.05, 0.1) is 0 Å². The number of carbonyl (C=O) groups excluding carboxylic acids is 2. The minimum Gasteiger partial charge on any atom is -0.299 e. The summed E-state index contributed by atoms with van der Waals surface area (Å²) in [5.74, 6) is 0.0626. The molecule has 0 aromatic heterocycles. The SMILES string of the molecule is CCCCCCCCC(=O)C=CC=O. The molecule has 80 valence electrons. The summed E-state index contributed by atoms with van der Waals surface area (Å²) in [5.41, 5.74) is 0. The Balaban J connectivity index is 3.23. The van der Waals surface area contributed by atoms with Crippen molar-refractivity contribution in [3.63, 3.8) is 0 Å². The van der Waals surface area contributed by atoms with E-state index in [0.29, 0.717) is 12.7 Å². The van der Waals surface area contributed by atoms with Crippen LogP contribution in [0.4, 0.5) is 0 Å². The summed E-state index contributed by atoms with van der Waals surface area (Å²) in [4.78, 5) is 21.0. The zero-order valence-corrected chi connectivity index (χ0v) is 9.00. The van der Waals surface area contributed by atoms with Gasteiger partial charge < -0.3 is 0 Å². The molecule has 0 bridgehead atoms. The molecule has 0 saturated carbocycles. The maximum Gasteiger partial charge on any atom is 0.155 e. The Kier molecular flexibility index (Phi) is 9.49. The summed E-state index contributed by atoms with van der Waals surface area (Å²) in [6, 6.07) is 0.